The monoisotopic (exact) mass is 466 g/mol. The van der Waals surface area contributed by atoms with Crippen molar-refractivity contribution in [3.05, 3.63) is 47.5 Å². The van der Waals surface area contributed by atoms with Crippen molar-refractivity contribution in [3.63, 3.8) is 0 Å². The van der Waals surface area contributed by atoms with Gasteiger partial charge in [-0.1, -0.05) is 40.2 Å². The minimum Gasteiger partial charge on any atom is -0.507 e. The summed E-state index contributed by atoms with van der Waals surface area (Å²) >= 11 is 7.15. The van der Waals surface area contributed by atoms with Crippen LogP contribution in [-0.4, -0.2) is 28.5 Å². The molecular weight excluding hydrogens is 440 g/mol. The molecule has 0 aliphatic carbocycles. The highest BCUT2D eigenvalue weighted by molar-refractivity contribution is 9.09. The molecule has 2 nitrogen and oxygen atoms in total. The van der Waals surface area contributed by atoms with Gasteiger partial charge in [-0.05, 0) is 73.3 Å². The lowest BCUT2D eigenvalue weighted by atomic mass is 10.1. The zero-order valence-corrected chi connectivity index (χ0v) is 18.8. The number of ether oxygens (including phenoxy) is 1. The van der Waals surface area contributed by atoms with Crippen molar-refractivity contribution >= 4 is 39.5 Å². The van der Waals surface area contributed by atoms with E-state index in [1.807, 2.05) is 17.8 Å². The van der Waals surface area contributed by atoms with E-state index in [1.54, 1.807) is 17.8 Å². The van der Waals surface area contributed by atoms with Gasteiger partial charge >= 0.3 is 0 Å². The quantitative estimate of drug-likeness (QED) is 0.391. The van der Waals surface area contributed by atoms with Gasteiger partial charge < -0.3 is 9.84 Å². The number of thioether (sulfide) groups is 2. The summed E-state index contributed by atoms with van der Waals surface area (Å²) in [6, 6.07) is 12.2. The van der Waals surface area contributed by atoms with E-state index in [2.05, 4.69) is 40.2 Å². The molecule has 0 radical (unpaired) electrons. The van der Waals surface area contributed by atoms with Crippen LogP contribution >= 0.6 is 39.5 Å². The number of halogens is 1. The van der Waals surface area contributed by atoms with Crippen molar-refractivity contribution < 1.29 is 9.84 Å². The molecule has 2 aliphatic rings. The number of aromatic hydroxyl groups is 1. The first-order valence-electron chi connectivity index (χ1n) is 9.66. The van der Waals surface area contributed by atoms with E-state index < -0.39 is 0 Å². The topological polar surface area (TPSA) is 29.5 Å². The molecule has 2 aromatic carbocycles. The molecule has 2 aromatic rings. The van der Waals surface area contributed by atoms with Crippen molar-refractivity contribution in [1.29, 1.82) is 0 Å². The third-order valence-electron chi connectivity index (χ3n) is 4.60. The van der Waals surface area contributed by atoms with Crippen molar-refractivity contribution in [1.82, 2.24) is 0 Å². The summed E-state index contributed by atoms with van der Waals surface area (Å²) in [5, 5.41) is 10.5. The van der Waals surface area contributed by atoms with Gasteiger partial charge in [0.05, 0.1) is 16.4 Å². The van der Waals surface area contributed by atoms with Crippen LogP contribution in [0.25, 0.3) is 0 Å². The number of hydrogen-bond donors (Lipinski definition) is 1. The van der Waals surface area contributed by atoms with Crippen molar-refractivity contribution in [2.45, 2.75) is 48.3 Å². The Morgan fingerprint density at radius 1 is 0.889 bits per heavy atom. The number of phenols is 1. The lowest BCUT2D eigenvalue weighted by molar-refractivity contribution is 0.302. The first-order chi connectivity index (χ1) is 13.3. The average molecular weight is 467 g/mol. The highest BCUT2D eigenvalue weighted by Gasteiger charge is 2.14. The number of unbranched alkanes of at least 4 members (excludes halogenated alkanes) is 1. The molecule has 4 rings (SSSR count). The molecule has 0 saturated carbocycles. The summed E-state index contributed by atoms with van der Waals surface area (Å²) in [6.07, 6.45) is 7.17. The number of rotatable bonds is 5. The van der Waals surface area contributed by atoms with Crippen LogP contribution in [0.4, 0.5) is 0 Å². The zero-order valence-electron chi connectivity index (χ0n) is 15.6. The molecule has 0 aromatic heterocycles. The summed E-state index contributed by atoms with van der Waals surface area (Å²) in [5.74, 6) is 3.92. The number of benzene rings is 2. The van der Waals surface area contributed by atoms with Crippen molar-refractivity contribution in [3.8, 4) is 11.5 Å². The van der Waals surface area contributed by atoms with Gasteiger partial charge in [-0.15, -0.1) is 23.5 Å². The molecule has 2 heterocycles. The molecule has 146 valence electrons. The Morgan fingerprint density at radius 2 is 1.56 bits per heavy atom. The maximum Gasteiger partial charge on any atom is 0.133 e. The van der Waals surface area contributed by atoms with Crippen molar-refractivity contribution in [2.24, 2.45) is 0 Å². The van der Waals surface area contributed by atoms with Gasteiger partial charge in [0.15, 0.2) is 0 Å². The number of fused-ring (bicyclic) bond motifs is 2. The third kappa shape index (κ3) is 6.10. The molecule has 0 unspecified atom stereocenters. The van der Waals surface area contributed by atoms with Gasteiger partial charge in [0.2, 0.25) is 0 Å². The molecular formula is C22H27BrO2S2. The molecule has 0 atom stereocenters. The molecule has 0 saturated heterocycles. The van der Waals surface area contributed by atoms with E-state index in [0.717, 1.165) is 41.2 Å². The summed E-state index contributed by atoms with van der Waals surface area (Å²) in [7, 11) is 0. The highest BCUT2D eigenvalue weighted by Crippen LogP contribution is 2.38. The van der Waals surface area contributed by atoms with Crippen LogP contribution in [-0.2, 0) is 12.8 Å². The van der Waals surface area contributed by atoms with Crippen LogP contribution in [0.3, 0.4) is 0 Å². The van der Waals surface area contributed by atoms with E-state index in [1.165, 1.54) is 47.5 Å². The summed E-state index contributed by atoms with van der Waals surface area (Å²) in [5.41, 5.74) is 2.77. The molecule has 2 aliphatic heterocycles. The standard InChI is InChI=1S/C13H17BrOS.C9H10OS/c14-8-1-2-9-15-12-7-3-5-11-6-4-10-16-13(11)12;10-8-5-1-3-7-4-2-6-11-9(7)8/h3,5,7H,1-2,4,6,8-10H2;1,3,5,10H,2,4,6H2. The number of aryl methyl sites for hydroxylation is 2. The molecule has 0 bridgehead atoms. The lowest BCUT2D eigenvalue weighted by Gasteiger charge is -2.18. The molecule has 5 heteroatoms. The largest absolute Gasteiger partial charge is 0.507 e. The van der Waals surface area contributed by atoms with Gasteiger partial charge in [0.1, 0.15) is 11.5 Å². The zero-order chi connectivity index (χ0) is 18.9. The second-order valence-corrected chi connectivity index (χ2v) is 9.66. The van der Waals surface area contributed by atoms with Crippen LogP contribution in [0.15, 0.2) is 46.2 Å². The molecule has 0 spiro atoms. The fourth-order valence-corrected chi connectivity index (χ4v) is 5.80. The minimum absolute atomic E-state index is 0.451. The Balaban J connectivity index is 0.000000166. The second-order valence-electron chi connectivity index (χ2n) is 6.66. The molecule has 0 fully saturated rings. The Labute approximate surface area is 179 Å². The molecule has 1 N–H and O–H groups in total. The summed E-state index contributed by atoms with van der Waals surface area (Å²) in [6.45, 7) is 0.836. The maximum atomic E-state index is 9.44. The first kappa shape index (κ1) is 20.9. The SMILES string of the molecule is BrCCCCOc1cccc2c1SCCC2.Oc1cccc2c1SCCC2. The first-order valence-corrected chi connectivity index (χ1v) is 12.8. The van der Waals surface area contributed by atoms with Gasteiger partial charge in [-0.3, -0.25) is 0 Å². The lowest BCUT2D eigenvalue weighted by Crippen LogP contribution is -2.03. The normalized spacial score (nSPS) is 15.1. The number of phenolic OH excluding ortho intramolecular Hbond substituents is 1. The van der Waals surface area contributed by atoms with Gasteiger partial charge in [0, 0.05) is 5.33 Å². The van der Waals surface area contributed by atoms with Crippen LogP contribution in [0.5, 0.6) is 11.5 Å². The van der Waals surface area contributed by atoms with Gasteiger partial charge in [-0.25, -0.2) is 0 Å². The second kappa shape index (κ2) is 11.3. The molecule has 0 amide bonds. The summed E-state index contributed by atoms with van der Waals surface area (Å²) < 4.78 is 5.86. The Kier molecular flexibility index (Phi) is 8.75. The van der Waals surface area contributed by atoms with Crippen LogP contribution in [0.1, 0.15) is 36.8 Å². The Morgan fingerprint density at radius 3 is 2.26 bits per heavy atom. The predicted molar refractivity (Wildman–Crippen MR) is 121 cm³/mol. The van der Waals surface area contributed by atoms with Crippen LogP contribution in [0, 0.1) is 0 Å². The Bertz CT molecular complexity index is 736. The van der Waals surface area contributed by atoms with E-state index in [-0.39, 0.29) is 0 Å². The van der Waals surface area contributed by atoms with Crippen molar-refractivity contribution in [2.75, 3.05) is 23.4 Å². The Hall–Kier alpha value is -0.780. The van der Waals surface area contributed by atoms with E-state index in [4.69, 9.17) is 4.74 Å². The fourth-order valence-electron chi connectivity index (χ4n) is 3.22. The average Bonchev–Trinajstić information content (AvgIpc) is 2.72. The minimum atomic E-state index is 0.451. The van der Waals surface area contributed by atoms with E-state index in [9.17, 15) is 5.11 Å². The third-order valence-corrected chi connectivity index (χ3v) is 7.65. The van der Waals surface area contributed by atoms with Crippen LogP contribution < -0.4 is 4.74 Å². The van der Waals surface area contributed by atoms with Gasteiger partial charge in [-0.2, -0.15) is 0 Å². The number of hydrogen-bond acceptors (Lipinski definition) is 4. The summed E-state index contributed by atoms with van der Waals surface area (Å²) in [4.78, 5) is 2.48. The molecule has 27 heavy (non-hydrogen) atoms. The maximum absolute atomic E-state index is 9.44. The van der Waals surface area contributed by atoms with Gasteiger partial charge in [0.25, 0.3) is 0 Å². The predicted octanol–water partition coefficient (Wildman–Crippen LogP) is 6.71. The van der Waals surface area contributed by atoms with E-state index >= 15 is 0 Å². The highest BCUT2D eigenvalue weighted by atomic mass is 79.9. The van der Waals surface area contributed by atoms with E-state index in [0.29, 0.717) is 5.75 Å². The fraction of sp³-hybridized carbons (Fsp3) is 0.455. The number of alkyl halides is 1. The smallest absolute Gasteiger partial charge is 0.133 e. The van der Waals surface area contributed by atoms with Crippen LogP contribution in [0.2, 0.25) is 0 Å².